The summed E-state index contributed by atoms with van der Waals surface area (Å²) < 4.78 is 12.9. The van der Waals surface area contributed by atoms with Gasteiger partial charge in [-0.15, -0.1) is 0 Å². The molecule has 3 rings (SSSR count). The van der Waals surface area contributed by atoms with E-state index in [1.165, 1.54) is 24.3 Å². The molecule has 0 atom stereocenters. The van der Waals surface area contributed by atoms with Gasteiger partial charge in [0.25, 0.3) is 5.91 Å². The van der Waals surface area contributed by atoms with E-state index in [2.05, 4.69) is 20.9 Å². The largest absolute Gasteiger partial charge is 0.334 e. The molecular weight excluding hydrogens is 347 g/mol. The third kappa shape index (κ3) is 5.37. The van der Waals surface area contributed by atoms with Crippen LogP contribution < -0.4 is 16.0 Å². The van der Waals surface area contributed by atoms with Gasteiger partial charge >= 0.3 is 6.03 Å². The maximum atomic E-state index is 12.9. The third-order valence-corrected chi connectivity index (χ3v) is 3.71. The zero-order valence-corrected chi connectivity index (χ0v) is 14.3. The molecule has 0 aliphatic rings. The summed E-state index contributed by atoms with van der Waals surface area (Å²) in [5.41, 5.74) is 2.41. The summed E-state index contributed by atoms with van der Waals surface area (Å²) in [5.74, 6) is -0.694. The van der Waals surface area contributed by atoms with Gasteiger partial charge in [-0.25, -0.2) is 9.18 Å². The predicted molar refractivity (Wildman–Crippen MR) is 101 cm³/mol. The van der Waals surface area contributed by atoms with Crippen molar-refractivity contribution in [3.05, 3.63) is 90.0 Å². The Morgan fingerprint density at radius 3 is 2.07 bits per heavy atom. The lowest BCUT2D eigenvalue weighted by Crippen LogP contribution is -2.28. The van der Waals surface area contributed by atoms with Gasteiger partial charge in [-0.2, -0.15) is 0 Å². The number of pyridine rings is 1. The van der Waals surface area contributed by atoms with Gasteiger partial charge in [-0.1, -0.05) is 0 Å². The maximum Gasteiger partial charge on any atom is 0.319 e. The van der Waals surface area contributed by atoms with E-state index in [-0.39, 0.29) is 17.8 Å². The quantitative estimate of drug-likeness (QED) is 0.644. The molecule has 0 bridgehead atoms. The van der Waals surface area contributed by atoms with Gasteiger partial charge in [0, 0.05) is 35.9 Å². The minimum atomic E-state index is -0.370. The zero-order valence-electron chi connectivity index (χ0n) is 14.3. The fourth-order valence-electron chi connectivity index (χ4n) is 2.30. The fourth-order valence-corrected chi connectivity index (χ4v) is 2.30. The van der Waals surface area contributed by atoms with Crippen LogP contribution in [0.1, 0.15) is 15.9 Å². The summed E-state index contributed by atoms with van der Waals surface area (Å²) in [4.78, 5) is 28.0. The molecular formula is C20H17FN4O2. The van der Waals surface area contributed by atoms with Gasteiger partial charge in [0.1, 0.15) is 5.82 Å². The summed E-state index contributed by atoms with van der Waals surface area (Å²) in [6, 6.07) is 15.2. The molecule has 7 heteroatoms. The first-order chi connectivity index (χ1) is 13.1. The molecule has 136 valence electrons. The Bertz CT molecular complexity index is 913. The van der Waals surface area contributed by atoms with E-state index in [1.54, 1.807) is 36.7 Å². The lowest BCUT2D eigenvalue weighted by atomic mass is 10.2. The highest BCUT2D eigenvalue weighted by Crippen LogP contribution is 2.13. The van der Waals surface area contributed by atoms with Crippen LogP contribution in [-0.2, 0) is 6.54 Å². The minimum absolute atomic E-state index is 0.324. The molecule has 2 aromatic carbocycles. The second-order valence-electron chi connectivity index (χ2n) is 5.70. The molecule has 3 amide bonds. The number of halogens is 1. The SMILES string of the molecule is O=C(NCc1ccncc1)Nc1ccc(C(=O)Nc2ccc(F)cc2)cc1. The van der Waals surface area contributed by atoms with Crippen molar-refractivity contribution in [1.82, 2.24) is 10.3 Å². The number of urea groups is 1. The molecule has 0 spiro atoms. The van der Waals surface area contributed by atoms with Gasteiger partial charge < -0.3 is 16.0 Å². The molecule has 0 saturated heterocycles. The molecule has 6 nitrogen and oxygen atoms in total. The highest BCUT2D eigenvalue weighted by atomic mass is 19.1. The topological polar surface area (TPSA) is 83.1 Å². The standard InChI is InChI=1S/C20H17FN4O2/c21-16-3-7-17(8-4-16)24-19(26)15-1-5-18(6-2-15)25-20(27)23-13-14-9-11-22-12-10-14/h1-12H,13H2,(H,24,26)(H2,23,25,27). The summed E-state index contributed by atoms with van der Waals surface area (Å²) in [7, 11) is 0. The van der Waals surface area contributed by atoms with Crippen molar-refractivity contribution in [2.45, 2.75) is 6.54 Å². The Morgan fingerprint density at radius 2 is 1.41 bits per heavy atom. The minimum Gasteiger partial charge on any atom is -0.334 e. The van der Waals surface area contributed by atoms with E-state index in [1.807, 2.05) is 12.1 Å². The van der Waals surface area contributed by atoms with Crippen molar-refractivity contribution >= 4 is 23.3 Å². The van der Waals surface area contributed by atoms with Crippen molar-refractivity contribution in [3.63, 3.8) is 0 Å². The average Bonchev–Trinajstić information content (AvgIpc) is 2.69. The number of hydrogen-bond donors (Lipinski definition) is 3. The van der Waals surface area contributed by atoms with Gasteiger partial charge in [0.15, 0.2) is 0 Å². The normalized spacial score (nSPS) is 10.1. The van der Waals surface area contributed by atoms with Gasteiger partial charge in [0.2, 0.25) is 0 Å². The number of carbonyl (C=O) groups is 2. The van der Waals surface area contributed by atoms with Gasteiger partial charge in [-0.05, 0) is 66.2 Å². The molecule has 3 aromatic rings. The molecule has 3 N–H and O–H groups in total. The summed E-state index contributed by atoms with van der Waals surface area (Å²) in [5, 5.41) is 8.10. The second kappa shape index (κ2) is 8.57. The monoisotopic (exact) mass is 364 g/mol. The molecule has 0 aliphatic heterocycles. The van der Waals surface area contributed by atoms with E-state index in [9.17, 15) is 14.0 Å². The lowest BCUT2D eigenvalue weighted by Gasteiger charge is -2.09. The molecule has 1 aromatic heterocycles. The van der Waals surface area contributed by atoms with Crippen molar-refractivity contribution in [1.29, 1.82) is 0 Å². The van der Waals surface area contributed by atoms with Crippen molar-refractivity contribution in [2.75, 3.05) is 10.6 Å². The van der Waals surface area contributed by atoms with Crippen LogP contribution in [0.3, 0.4) is 0 Å². The van der Waals surface area contributed by atoms with E-state index in [0.717, 1.165) is 5.56 Å². The highest BCUT2D eigenvalue weighted by Gasteiger charge is 2.07. The number of nitrogens with one attached hydrogen (secondary N) is 3. The Morgan fingerprint density at radius 1 is 0.815 bits per heavy atom. The van der Waals surface area contributed by atoms with E-state index >= 15 is 0 Å². The average molecular weight is 364 g/mol. The number of amides is 3. The van der Waals surface area contributed by atoms with Crippen LogP contribution in [0.2, 0.25) is 0 Å². The molecule has 1 heterocycles. The van der Waals surface area contributed by atoms with Crippen LogP contribution in [0.25, 0.3) is 0 Å². The van der Waals surface area contributed by atoms with Gasteiger partial charge in [-0.3, -0.25) is 9.78 Å². The van der Waals surface area contributed by atoms with Crippen LogP contribution in [0.5, 0.6) is 0 Å². The van der Waals surface area contributed by atoms with E-state index in [0.29, 0.717) is 23.5 Å². The Labute approximate surface area is 155 Å². The lowest BCUT2D eigenvalue weighted by molar-refractivity contribution is 0.102. The van der Waals surface area contributed by atoms with Gasteiger partial charge in [0.05, 0.1) is 0 Å². The first kappa shape index (κ1) is 18.1. The number of carbonyl (C=O) groups excluding carboxylic acids is 2. The summed E-state index contributed by atoms with van der Waals surface area (Å²) in [6.07, 6.45) is 3.31. The highest BCUT2D eigenvalue weighted by molar-refractivity contribution is 6.04. The van der Waals surface area contributed by atoms with Crippen LogP contribution >= 0.6 is 0 Å². The number of benzene rings is 2. The van der Waals surface area contributed by atoms with E-state index in [4.69, 9.17) is 0 Å². The summed E-state index contributed by atoms with van der Waals surface area (Å²) >= 11 is 0. The number of nitrogens with zero attached hydrogens (tertiary/aromatic N) is 1. The second-order valence-corrected chi connectivity index (χ2v) is 5.70. The van der Waals surface area contributed by atoms with Crippen molar-refractivity contribution < 1.29 is 14.0 Å². The van der Waals surface area contributed by atoms with Crippen molar-refractivity contribution in [2.24, 2.45) is 0 Å². The third-order valence-electron chi connectivity index (χ3n) is 3.71. The molecule has 27 heavy (non-hydrogen) atoms. The first-order valence-corrected chi connectivity index (χ1v) is 8.21. The Balaban J connectivity index is 1.52. The zero-order chi connectivity index (χ0) is 19.1. The molecule has 0 fully saturated rings. The van der Waals surface area contributed by atoms with Crippen molar-refractivity contribution in [3.8, 4) is 0 Å². The molecule has 0 aliphatic carbocycles. The van der Waals surface area contributed by atoms with Crippen LogP contribution in [0.4, 0.5) is 20.6 Å². The first-order valence-electron chi connectivity index (χ1n) is 8.21. The Kier molecular flexibility index (Phi) is 5.73. The maximum absolute atomic E-state index is 12.9. The summed E-state index contributed by atoms with van der Waals surface area (Å²) in [6.45, 7) is 0.381. The molecule has 0 saturated carbocycles. The number of aromatic nitrogens is 1. The van der Waals surface area contributed by atoms with E-state index < -0.39 is 0 Å². The van der Waals surface area contributed by atoms with Crippen LogP contribution in [-0.4, -0.2) is 16.9 Å². The number of anilines is 2. The predicted octanol–water partition coefficient (Wildman–Crippen LogP) is 3.79. The molecule has 0 radical (unpaired) electrons. The van der Waals surface area contributed by atoms with Crippen LogP contribution in [0.15, 0.2) is 73.1 Å². The fraction of sp³-hybridized carbons (Fsp3) is 0.0500. The smallest absolute Gasteiger partial charge is 0.319 e. The Hall–Kier alpha value is -3.74. The molecule has 0 unspecified atom stereocenters. The van der Waals surface area contributed by atoms with Crippen LogP contribution in [0, 0.1) is 5.82 Å². The number of rotatable bonds is 5. The number of hydrogen-bond acceptors (Lipinski definition) is 3.